The highest BCUT2D eigenvalue weighted by Gasteiger charge is 2.24. The average molecular weight is 154 g/mol. The van der Waals surface area contributed by atoms with Gasteiger partial charge < -0.3 is 10.2 Å². The maximum atomic E-state index is 5.88. The Morgan fingerprint density at radius 2 is 2.18 bits per heavy atom. The first-order chi connectivity index (χ1) is 5.02. The van der Waals surface area contributed by atoms with Crippen LogP contribution in [0.3, 0.4) is 0 Å². The predicted molar refractivity (Wildman–Crippen MR) is 42.9 cm³/mol. The van der Waals surface area contributed by atoms with Crippen molar-refractivity contribution in [2.45, 2.75) is 26.8 Å². The fourth-order valence-electron chi connectivity index (χ4n) is 0.806. The molecular formula is C8H14N2O. The minimum atomic E-state index is -0.0787. The van der Waals surface area contributed by atoms with E-state index < -0.39 is 0 Å². The van der Waals surface area contributed by atoms with Gasteiger partial charge in [0.15, 0.2) is 6.39 Å². The van der Waals surface area contributed by atoms with Gasteiger partial charge in [0, 0.05) is 0 Å². The molecule has 0 aliphatic heterocycles. The fraction of sp³-hybridized carbons (Fsp3) is 0.625. The topological polar surface area (TPSA) is 52.0 Å². The van der Waals surface area contributed by atoms with Gasteiger partial charge in [-0.15, -0.1) is 0 Å². The third-order valence-corrected chi connectivity index (χ3v) is 1.69. The SMILES string of the molecule is CC(C)(C)C(N)c1cnco1. The fourth-order valence-corrected chi connectivity index (χ4v) is 0.806. The molecule has 1 aromatic rings. The molecule has 0 saturated carbocycles. The molecule has 3 heteroatoms. The molecule has 1 heterocycles. The zero-order valence-electron chi connectivity index (χ0n) is 7.16. The number of hydrogen-bond donors (Lipinski definition) is 1. The van der Waals surface area contributed by atoms with Gasteiger partial charge in [-0.05, 0) is 5.41 Å². The van der Waals surface area contributed by atoms with Gasteiger partial charge in [0.1, 0.15) is 5.76 Å². The molecule has 0 bridgehead atoms. The average Bonchev–Trinajstić information content (AvgIpc) is 2.34. The van der Waals surface area contributed by atoms with Crippen molar-refractivity contribution in [3.8, 4) is 0 Å². The number of nitrogens with two attached hydrogens (primary N) is 1. The summed E-state index contributed by atoms with van der Waals surface area (Å²) < 4.78 is 5.09. The lowest BCUT2D eigenvalue weighted by Crippen LogP contribution is -2.25. The van der Waals surface area contributed by atoms with E-state index in [0.29, 0.717) is 0 Å². The molecule has 0 aliphatic carbocycles. The quantitative estimate of drug-likeness (QED) is 0.670. The molecule has 62 valence electrons. The summed E-state index contributed by atoms with van der Waals surface area (Å²) in [7, 11) is 0. The highest BCUT2D eigenvalue weighted by Crippen LogP contribution is 2.29. The van der Waals surface area contributed by atoms with E-state index in [0.717, 1.165) is 5.76 Å². The summed E-state index contributed by atoms with van der Waals surface area (Å²) in [6.45, 7) is 6.21. The lowest BCUT2D eigenvalue weighted by molar-refractivity contribution is 0.285. The van der Waals surface area contributed by atoms with Gasteiger partial charge in [0.05, 0.1) is 12.2 Å². The Morgan fingerprint density at radius 1 is 1.55 bits per heavy atom. The van der Waals surface area contributed by atoms with E-state index in [2.05, 4.69) is 25.8 Å². The van der Waals surface area contributed by atoms with Crippen LogP contribution >= 0.6 is 0 Å². The Balaban J connectivity index is 2.78. The Labute approximate surface area is 66.6 Å². The standard InChI is InChI=1S/C8H14N2O/c1-8(2,3)7(9)6-4-10-5-11-6/h4-5,7H,9H2,1-3H3. The second-order valence-electron chi connectivity index (χ2n) is 3.75. The Kier molecular flexibility index (Phi) is 2.00. The Bertz CT molecular complexity index is 210. The third kappa shape index (κ3) is 1.80. The van der Waals surface area contributed by atoms with Crippen molar-refractivity contribution < 1.29 is 4.42 Å². The summed E-state index contributed by atoms with van der Waals surface area (Å²) in [6.07, 6.45) is 3.07. The summed E-state index contributed by atoms with van der Waals surface area (Å²) >= 11 is 0. The van der Waals surface area contributed by atoms with Crippen LogP contribution in [-0.2, 0) is 0 Å². The molecule has 3 nitrogen and oxygen atoms in total. The minimum absolute atomic E-state index is 0.0273. The van der Waals surface area contributed by atoms with Gasteiger partial charge in [-0.2, -0.15) is 0 Å². The summed E-state index contributed by atoms with van der Waals surface area (Å²) in [4.78, 5) is 3.81. The van der Waals surface area contributed by atoms with Crippen molar-refractivity contribution in [2.24, 2.45) is 11.1 Å². The molecule has 2 N–H and O–H groups in total. The smallest absolute Gasteiger partial charge is 0.180 e. The van der Waals surface area contributed by atoms with Crippen LogP contribution in [0.15, 0.2) is 17.0 Å². The first-order valence-electron chi connectivity index (χ1n) is 3.66. The summed E-state index contributed by atoms with van der Waals surface area (Å²) in [5, 5.41) is 0. The van der Waals surface area contributed by atoms with Gasteiger partial charge in [0.2, 0.25) is 0 Å². The number of rotatable bonds is 1. The second kappa shape index (κ2) is 2.66. The highest BCUT2D eigenvalue weighted by atomic mass is 16.3. The first-order valence-corrected chi connectivity index (χ1v) is 3.66. The molecule has 0 fully saturated rings. The molecule has 11 heavy (non-hydrogen) atoms. The molecular weight excluding hydrogens is 140 g/mol. The number of hydrogen-bond acceptors (Lipinski definition) is 3. The zero-order chi connectivity index (χ0) is 8.48. The van der Waals surface area contributed by atoms with E-state index in [1.165, 1.54) is 6.39 Å². The molecule has 0 amide bonds. The second-order valence-corrected chi connectivity index (χ2v) is 3.75. The number of aromatic nitrogens is 1. The van der Waals surface area contributed by atoms with E-state index in [1.807, 2.05) is 0 Å². The molecule has 1 rings (SSSR count). The zero-order valence-corrected chi connectivity index (χ0v) is 7.16. The van der Waals surface area contributed by atoms with Crippen molar-refractivity contribution in [3.05, 3.63) is 18.4 Å². The van der Waals surface area contributed by atoms with Crippen LogP contribution in [0.5, 0.6) is 0 Å². The van der Waals surface area contributed by atoms with E-state index in [-0.39, 0.29) is 11.5 Å². The van der Waals surface area contributed by atoms with Gasteiger partial charge in [-0.1, -0.05) is 20.8 Å². The molecule has 0 aromatic carbocycles. The predicted octanol–water partition coefficient (Wildman–Crippen LogP) is 1.72. The largest absolute Gasteiger partial charge is 0.447 e. The molecule has 0 aliphatic rings. The van der Waals surface area contributed by atoms with Crippen LogP contribution in [0, 0.1) is 5.41 Å². The van der Waals surface area contributed by atoms with E-state index in [4.69, 9.17) is 10.2 Å². The van der Waals surface area contributed by atoms with Crippen LogP contribution in [0.2, 0.25) is 0 Å². The molecule has 0 radical (unpaired) electrons. The molecule has 1 atom stereocenters. The number of oxazole rings is 1. The normalized spacial score (nSPS) is 14.9. The van der Waals surface area contributed by atoms with Crippen LogP contribution < -0.4 is 5.73 Å². The molecule has 0 spiro atoms. The summed E-state index contributed by atoms with van der Waals surface area (Å²) in [5.74, 6) is 0.748. The maximum absolute atomic E-state index is 5.88. The Hall–Kier alpha value is -0.830. The van der Waals surface area contributed by atoms with Crippen molar-refractivity contribution in [1.29, 1.82) is 0 Å². The Morgan fingerprint density at radius 3 is 2.55 bits per heavy atom. The maximum Gasteiger partial charge on any atom is 0.180 e. The minimum Gasteiger partial charge on any atom is -0.447 e. The van der Waals surface area contributed by atoms with Gasteiger partial charge in [-0.25, -0.2) is 4.98 Å². The molecule has 0 saturated heterocycles. The highest BCUT2D eigenvalue weighted by molar-refractivity contribution is 5.00. The van der Waals surface area contributed by atoms with Crippen molar-refractivity contribution in [3.63, 3.8) is 0 Å². The lowest BCUT2D eigenvalue weighted by atomic mass is 9.86. The monoisotopic (exact) mass is 154 g/mol. The van der Waals surface area contributed by atoms with Crippen LogP contribution in [0.25, 0.3) is 0 Å². The first kappa shape index (κ1) is 8.27. The number of nitrogens with zero attached hydrogens (tertiary/aromatic N) is 1. The van der Waals surface area contributed by atoms with Crippen molar-refractivity contribution in [1.82, 2.24) is 4.98 Å². The van der Waals surface area contributed by atoms with Crippen LogP contribution in [0.1, 0.15) is 32.6 Å². The van der Waals surface area contributed by atoms with E-state index >= 15 is 0 Å². The van der Waals surface area contributed by atoms with Crippen molar-refractivity contribution >= 4 is 0 Å². The molecule has 1 aromatic heterocycles. The summed E-state index contributed by atoms with van der Waals surface area (Å²) in [5.41, 5.74) is 5.91. The van der Waals surface area contributed by atoms with Crippen molar-refractivity contribution in [2.75, 3.05) is 0 Å². The summed E-state index contributed by atoms with van der Waals surface area (Å²) in [6, 6.07) is -0.0787. The van der Waals surface area contributed by atoms with Gasteiger partial charge in [0.25, 0.3) is 0 Å². The van der Waals surface area contributed by atoms with Gasteiger partial charge in [-0.3, -0.25) is 0 Å². The third-order valence-electron chi connectivity index (χ3n) is 1.69. The van der Waals surface area contributed by atoms with E-state index in [9.17, 15) is 0 Å². The van der Waals surface area contributed by atoms with E-state index in [1.54, 1.807) is 6.20 Å². The van der Waals surface area contributed by atoms with Crippen LogP contribution in [0.4, 0.5) is 0 Å². The van der Waals surface area contributed by atoms with Crippen LogP contribution in [-0.4, -0.2) is 4.98 Å². The molecule has 1 unspecified atom stereocenters. The lowest BCUT2D eigenvalue weighted by Gasteiger charge is -2.24. The van der Waals surface area contributed by atoms with Gasteiger partial charge >= 0.3 is 0 Å².